The number of aliphatic hydroxyl groups is 1. The number of methoxy groups -OCH3 is 1. The van der Waals surface area contributed by atoms with Crippen molar-refractivity contribution in [1.29, 1.82) is 0 Å². The molecule has 1 atom stereocenters. The predicted molar refractivity (Wildman–Crippen MR) is 141 cm³/mol. The second kappa shape index (κ2) is 11.4. The first-order chi connectivity index (χ1) is 18.0. The highest BCUT2D eigenvalue weighted by Crippen LogP contribution is 2.30. The first-order valence-corrected chi connectivity index (χ1v) is 12.8. The van der Waals surface area contributed by atoms with Crippen LogP contribution in [0.5, 0.6) is 0 Å². The fourth-order valence-electron chi connectivity index (χ4n) is 4.66. The van der Waals surface area contributed by atoms with Gasteiger partial charge in [-0.1, -0.05) is 30.0 Å². The van der Waals surface area contributed by atoms with Crippen LogP contribution in [0.25, 0.3) is 0 Å². The number of hydrogen-bond acceptors (Lipinski definition) is 6. The number of ketones is 1. The van der Waals surface area contributed by atoms with Crippen molar-refractivity contribution < 1.29 is 19.0 Å². The Morgan fingerprint density at radius 1 is 1.16 bits per heavy atom. The van der Waals surface area contributed by atoms with Crippen LogP contribution < -0.4 is 5.32 Å². The number of nitrogens with zero attached hydrogens (tertiary/aromatic N) is 2. The zero-order valence-corrected chi connectivity index (χ0v) is 21.0. The molecule has 1 saturated heterocycles. The van der Waals surface area contributed by atoms with Gasteiger partial charge in [0.25, 0.3) is 0 Å². The lowest BCUT2D eigenvalue weighted by atomic mass is 9.91. The number of allylic oxidation sites excluding steroid dienone is 2. The minimum absolute atomic E-state index is 0.0953. The van der Waals surface area contributed by atoms with Crippen molar-refractivity contribution in [1.82, 2.24) is 10.2 Å². The van der Waals surface area contributed by atoms with E-state index in [9.17, 15) is 9.90 Å². The number of Topliss-reactive ketones (excluding diaryl/α,β-unsaturated/α-hetero) is 1. The molecule has 0 bridgehead atoms. The largest absolute Gasteiger partial charge is 0.503 e. The number of likely N-dealkylation sites (tertiary alicyclic amines) is 1. The van der Waals surface area contributed by atoms with Crippen LogP contribution in [-0.2, 0) is 16.1 Å². The number of ether oxygens (including phenoxy) is 1. The molecule has 2 aromatic carbocycles. The second-order valence-corrected chi connectivity index (χ2v) is 10.1. The lowest BCUT2D eigenvalue weighted by molar-refractivity contribution is -0.117. The van der Waals surface area contributed by atoms with Gasteiger partial charge in [-0.05, 0) is 48.2 Å². The number of aliphatic hydroxyl groups excluding tert-OH is 1. The Morgan fingerprint density at radius 2 is 1.89 bits per heavy atom. The number of rotatable bonds is 9. The maximum atomic E-state index is 15.3. The van der Waals surface area contributed by atoms with Crippen LogP contribution in [0.3, 0.4) is 0 Å². The fraction of sp³-hybridized carbons (Fsp3) is 0.400. The summed E-state index contributed by atoms with van der Waals surface area (Å²) in [4.78, 5) is 18.4. The minimum Gasteiger partial charge on any atom is -0.503 e. The van der Waals surface area contributed by atoms with Gasteiger partial charge in [-0.2, -0.15) is 0 Å². The van der Waals surface area contributed by atoms with Crippen molar-refractivity contribution in [3.8, 4) is 11.8 Å². The molecule has 0 spiro atoms. The molecular weight excluding hydrogens is 469 g/mol. The average Bonchev–Trinajstić information content (AvgIpc) is 3.70. The third kappa shape index (κ3) is 6.53. The summed E-state index contributed by atoms with van der Waals surface area (Å²) < 4.78 is 20.6. The van der Waals surface area contributed by atoms with Gasteiger partial charge in [0.1, 0.15) is 5.82 Å². The highest BCUT2D eigenvalue weighted by molar-refractivity contribution is 6.03. The van der Waals surface area contributed by atoms with Gasteiger partial charge in [-0.25, -0.2) is 4.39 Å². The lowest BCUT2D eigenvalue weighted by Gasteiger charge is -2.38. The molecule has 192 valence electrons. The molecule has 2 aromatic rings. The number of nitrogens with one attached hydrogen (secondary N) is 1. The molecule has 2 fully saturated rings. The highest BCUT2D eigenvalue weighted by atomic mass is 19.1. The van der Waals surface area contributed by atoms with Gasteiger partial charge < -0.3 is 15.2 Å². The maximum Gasteiger partial charge on any atom is 0.204 e. The Labute approximate surface area is 217 Å². The van der Waals surface area contributed by atoms with Crippen molar-refractivity contribution in [3.05, 3.63) is 82.0 Å². The molecule has 2 aliphatic heterocycles. The highest BCUT2D eigenvalue weighted by Gasteiger charge is 2.27. The van der Waals surface area contributed by atoms with Gasteiger partial charge in [0.15, 0.2) is 5.76 Å². The zero-order chi connectivity index (χ0) is 25.8. The van der Waals surface area contributed by atoms with Crippen LogP contribution in [0.15, 0.2) is 58.9 Å². The summed E-state index contributed by atoms with van der Waals surface area (Å²) in [5.74, 6) is 4.93. The number of benzene rings is 2. The molecule has 0 aromatic heterocycles. The molecule has 2 N–H and O–H groups in total. The summed E-state index contributed by atoms with van der Waals surface area (Å²) in [5.41, 5.74) is 3.54. The Kier molecular flexibility index (Phi) is 7.80. The SMILES string of the molecule is COC1CN(Cc2ccc(C#Cc3ccc(C(CNC4CC4)CC4=C(O)C(=O)CC=N4)c(F)c3)cc2)C1. The van der Waals surface area contributed by atoms with Crippen LogP contribution in [0.1, 0.15) is 53.9 Å². The summed E-state index contributed by atoms with van der Waals surface area (Å²) in [6, 6.07) is 13.6. The molecule has 0 amide bonds. The first kappa shape index (κ1) is 25.3. The quantitative estimate of drug-likeness (QED) is 0.507. The number of halogens is 1. The minimum atomic E-state index is -0.349. The van der Waals surface area contributed by atoms with Crippen LogP contribution in [-0.4, -0.2) is 60.9 Å². The summed E-state index contributed by atoms with van der Waals surface area (Å²) in [6.07, 6.45) is 4.45. The Balaban J connectivity index is 1.26. The second-order valence-electron chi connectivity index (χ2n) is 10.1. The van der Waals surface area contributed by atoms with Gasteiger partial charge in [0.05, 0.1) is 11.8 Å². The monoisotopic (exact) mass is 501 g/mol. The normalized spacial score (nSPS) is 18.9. The Hall–Kier alpha value is -3.31. The van der Waals surface area contributed by atoms with E-state index in [1.54, 1.807) is 13.2 Å². The van der Waals surface area contributed by atoms with E-state index in [2.05, 4.69) is 39.2 Å². The van der Waals surface area contributed by atoms with Crippen LogP contribution in [0.4, 0.5) is 4.39 Å². The van der Waals surface area contributed by atoms with Crippen molar-refractivity contribution in [3.63, 3.8) is 0 Å². The molecule has 1 unspecified atom stereocenters. The molecule has 3 aliphatic rings. The summed E-state index contributed by atoms with van der Waals surface area (Å²) in [7, 11) is 1.75. The Morgan fingerprint density at radius 3 is 2.59 bits per heavy atom. The molecular formula is C30H32FN3O3. The number of carbonyl (C=O) groups excluding carboxylic acids is 1. The van der Waals surface area contributed by atoms with Gasteiger partial charge in [-0.15, -0.1) is 0 Å². The Bertz CT molecular complexity index is 1270. The van der Waals surface area contributed by atoms with E-state index >= 15 is 4.39 Å². The molecule has 37 heavy (non-hydrogen) atoms. The summed E-state index contributed by atoms with van der Waals surface area (Å²) in [6.45, 7) is 3.36. The van der Waals surface area contributed by atoms with Crippen molar-refractivity contribution >= 4 is 12.0 Å². The first-order valence-electron chi connectivity index (χ1n) is 12.8. The van der Waals surface area contributed by atoms with Gasteiger partial charge in [-0.3, -0.25) is 14.7 Å². The summed E-state index contributed by atoms with van der Waals surface area (Å²) in [5, 5.41) is 13.6. The summed E-state index contributed by atoms with van der Waals surface area (Å²) >= 11 is 0. The van der Waals surface area contributed by atoms with E-state index in [0.717, 1.165) is 38.0 Å². The van der Waals surface area contributed by atoms with Gasteiger partial charge in [0.2, 0.25) is 5.78 Å². The van der Waals surface area contributed by atoms with Gasteiger partial charge >= 0.3 is 0 Å². The third-order valence-corrected chi connectivity index (χ3v) is 7.14. The van der Waals surface area contributed by atoms with Crippen LogP contribution >= 0.6 is 0 Å². The van der Waals surface area contributed by atoms with Crippen molar-refractivity contribution in [2.45, 2.75) is 50.3 Å². The maximum absolute atomic E-state index is 15.3. The zero-order valence-electron chi connectivity index (χ0n) is 21.0. The third-order valence-electron chi connectivity index (χ3n) is 7.14. The van der Waals surface area contributed by atoms with Crippen molar-refractivity contribution in [2.24, 2.45) is 4.99 Å². The van der Waals surface area contributed by atoms with Crippen LogP contribution in [0.2, 0.25) is 0 Å². The predicted octanol–water partition coefficient (Wildman–Crippen LogP) is 4.10. The number of hydrogen-bond donors (Lipinski definition) is 2. The lowest BCUT2D eigenvalue weighted by Crippen LogP contribution is -2.50. The molecule has 2 heterocycles. The fourth-order valence-corrected chi connectivity index (χ4v) is 4.66. The van der Waals surface area contributed by atoms with E-state index in [1.165, 1.54) is 17.8 Å². The van der Waals surface area contributed by atoms with E-state index in [4.69, 9.17) is 4.74 Å². The van der Waals surface area contributed by atoms with Crippen LogP contribution in [0, 0.1) is 17.7 Å². The number of aliphatic imine (C=N–C) groups is 1. The molecule has 1 aliphatic carbocycles. The van der Waals surface area contributed by atoms with Gasteiger partial charge in [0, 0.05) is 75.4 Å². The van der Waals surface area contributed by atoms with E-state index in [1.807, 2.05) is 18.2 Å². The molecule has 6 nitrogen and oxygen atoms in total. The average molecular weight is 502 g/mol. The van der Waals surface area contributed by atoms with E-state index < -0.39 is 0 Å². The topological polar surface area (TPSA) is 74.2 Å². The van der Waals surface area contributed by atoms with E-state index in [-0.39, 0.29) is 36.1 Å². The van der Waals surface area contributed by atoms with E-state index in [0.29, 0.717) is 35.5 Å². The standard InChI is InChI=1S/C30H32FN3O3/c1-37-25-18-34(19-25)17-22-6-3-20(4-7-22)2-5-21-8-11-26(27(31)14-21)23(16-33-24-9-10-24)15-28-30(36)29(35)12-13-32-28/h3-4,6-8,11,13-14,23-25,33,36H,9-10,12,15-19H2,1H3. The molecule has 7 heteroatoms. The molecule has 1 saturated carbocycles. The molecule has 5 rings (SSSR count). The smallest absolute Gasteiger partial charge is 0.204 e. The van der Waals surface area contributed by atoms with Crippen molar-refractivity contribution in [2.75, 3.05) is 26.7 Å². The number of carbonyl (C=O) groups is 1. The molecule has 0 radical (unpaired) electrons.